The lowest BCUT2D eigenvalue weighted by Crippen LogP contribution is -2.22. The van der Waals surface area contributed by atoms with Gasteiger partial charge in [0.15, 0.2) is 11.3 Å². The first-order valence-corrected chi connectivity index (χ1v) is 10.3. The number of furan rings is 1. The van der Waals surface area contributed by atoms with Crippen molar-refractivity contribution in [2.75, 3.05) is 13.7 Å². The molecule has 0 amide bonds. The van der Waals surface area contributed by atoms with Crippen LogP contribution in [0.5, 0.6) is 5.75 Å². The van der Waals surface area contributed by atoms with Crippen LogP contribution in [0.25, 0.3) is 11.0 Å². The Labute approximate surface area is 169 Å². The molecule has 1 aliphatic heterocycles. The molecule has 4 rings (SSSR count). The molecule has 0 aliphatic carbocycles. The Bertz CT molecular complexity index is 1120. The Morgan fingerprint density at radius 2 is 2.00 bits per heavy atom. The minimum absolute atomic E-state index is 0. The lowest BCUT2D eigenvalue weighted by atomic mass is 10.1. The second-order valence-electron chi connectivity index (χ2n) is 6.68. The maximum atomic E-state index is 13.2. The molecule has 2 N–H and O–H groups in total. The number of aliphatic hydroxyl groups excluding tert-OH is 1. The minimum Gasteiger partial charge on any atom is -0.493 e. The highest BCUT2D eigenvalue weighted by atomic mass is 35.5. The van der Waals surface area contributed by atoms with Crippen LogP contribution >= 0.6 is 12.4 Å². The van der Waals surface area contributed by atoms with Gasteiger partial charge in [0.1, 0.15) is 5.76 Å². The second kappa shape index (κ2) is 7.75. The van der Waals surface area contributed by atoms with Gasteiger partial charge in [0.2, 0.25) is 9.84 Å². The number of aliphatic hydroxyl groups is 1. The van der Waals surface area contributed by atoms with Crippen LogP contribution in [-0.2, 0) is 22.8 Å². The Kier molecular flexibility index (Phi) is 5.72. The summed E-state index contributed by atoms with van der Waals surface area (Å²) in [7, 11) is -2.28. The van der Waals surface area contributed by atoms with E-state index in [0.717, 1.165) is 29.7 Å². The van der Waals surface area contributed by atoms with Crippen molar-refractivity contribution in [3.8, 4) is 5.75 Å². The van der Waals surface area contributed by atoms with E-state index in [1.807, 2.05) is 0 Å². The maximum Gasteiger partial charge on any atom is 0.206 e. The van der Waals surface area contributed by atoms with Crippen molar-refractivity contribution in [1.29, 1.82) is 0 Å². The predicted molar refractivity (Wildman–Crippen MR) is 108 cm³/mol. The van der Waals surface area contributed by atoms with Crippen LogP contribution in [0.1, 0.15) is 29.9 Å². The van der Waals surface area contributed by atoms with Gasteiger partial charge in [0, 0.05) is 36.5 Å². The SMILES string of the molecule is COc1cc(S(=O)(=O)c2cccc(C(C)O)c2)cc2c3c(oc12)CCNC3.Cl. The fraction of sp³-hybridized carbons (Fsp3) is 0.300. The van der Waals surface area contributed by atoms with Crippen molar-refractivity contribution in [2.24, 2.45) is 0 Å². The van der Waals surface area contributed by atoms with Crippen molar-refractivity contribution >= 4 is 33.2 Å². The van der Waals surface area contributed by atoms with Crippen LogP contribution in [-0.4, -0.2) is 27.2 Å². The van der Waals surface area contributed by atoms with Gasteiger partial charge >= 0.3 is 0 Å². The second-order valence-corrected chi connectivity index (χ2v) is 8.63. The fourth-order valence-electron chi connectivity index (χ4n) is 3.44. The summed E-state index contributed by atoms with van der Waals surface area (Å²) in [6.07, 6.45) is 0.00947. The molecule has 28 heavy (non-hydrogen) atoms. The van der Waals surface area contributed by atoms with Gasteiger partial charge in [-0.25, -0.2) is 8.42 Å². The zero-order valence-electron chi connectivity index (χ0n) is 15.6. The van der Waals surface area contributed by atoms with E-state index in [4.69, 9.17) is 9.15 Å². The first kappa shape index (κ1) is 20.7. The zero-order chi connectivity index (χ0) is 19.2. The molecule has 0 saturated heterocycles. The molecule has 1 unspecified atom stereocenters. The van der Waals surface area contributed by atoms with Crippen LogP contribution in [0.4, 0.5) is 0 Å². The number of benzene rings is 2. The quantitative estimate of drug-likeness (QED) is 0.668. The Balaban J connectivity index is 0.00000225. The number of methoxy groups -OCH3 is 1. The van der Waals surface area contributed by atoms with Crippen LogP contribution in [0.3, 0.4) is 0 Å². The van der Waals surface area contributed by atoms with Crippen molar-refractivity contribution in [1.82, 2.24) is 5.32 Å². The highest BCUT2D eigenvalue weighted by Crippen LogP contribution is 2.38. The smallest absolute Gasteiger partial charge is 0.206 e. The first-order chi connectivity index (χ1) is 12.9. The van der Waals surface area contributed by atoms with Gasteiger partial charge in [0.05, 0.1) is 23.0 Å². The molecule has 0 bridgehead atoms. The zero-order valence-corrected chi connectivity index (χ0v) is 17.2. The van der Waals surface area contributed by atoms with Gasteiger partial charge in [-0.3, -0.25) is 0 Å². The molecular formula is C20H22ClNO5S. The largest absolute Gasteiger partial charge is 0.493 e. The van der Waals surface area contributed by atoms with Gasteiger partial charge in [0.25, 0.3) is 0 Å². The van der Waals surface area contributed by atoms with Crippen LogP contribution in [0, 0.1) is 0 Å². The third kappa shape index (κ3) is 3.39. The average molecular weight is 424 g/mol. The number of hydrogen-bond acceptors (Lipinski definition) is 6. The Hall–Kier alpha value is -2.06. The van der Waals surface area contributed by atoms with E-state index >= 15 is 0 Å². The Morgan fingerprint density at radius 3 is 2.71 bits per heavy atom. The monoisotopic (exact) mass is 423 g/mol. The normalized spacial score (nSPS) is 15.0. The van der Waals surface area contributed by atoms with Crippen LogP contribution < -0.4 is 10.1 Å². The van der Waals surface area contributed by atoms with E-state index in [0.29, 0.717) is 23.4 Å². The number of ether oxygens (including phenoxy) is 1. The number of nitrogens with one attached hydrogen (secondary N) is 1. The van der Waals surface area contributed by atoms with E-state index < -0.39 is 15.9 Å². The molecule has 1 aromatic heterocycles. The first-order valence-electron chi connectivity index (χ1n) is 8.78. The van der Waals surface area contributed by atoms with Gasteiger partial charge in [-0.1, -0.05) is 12.1 Å². The van der Waals surface area contributed by atoms with Gasteiger partial charge < -0.3 is 19.6 Å². The third-order valence-corrected chi connectivity index (χ3v) is 6.66. The van der Waals surface area contributed by atoms with E-state index in [1.165, 1.54) is 25.3 Å². The summed E-state index contributed by atoms with van der Waals surface area (Å²) in [6.45, 7) is 3.06. The summed E-state index contributed by atoms with van der Waals surface area (Å²) in [6, 6.07) is 9.51. The molecule has 2 aromatic carbocycles. The lowest BCUT2D eigenvalue weighted by molar-refractivity contribution is 0.199. The molecule has 8 heteroatoms. The third-order valence-electron chi connectivity index (χ3n) is 4.93. The van der Waals surface area contributed by atoms with E-state index in [9.17, 15) is 13.5 Å². The number of rotatable bonds is 4. The summed E-state index contributed by atoms with van der Waals surface area (Å²) in [5.74, 6) is 1.26. The summed E-state index contributed by atoms with van der Waals surface area (Å²) in [5, 5.41) is 13.8. The molecule has 1 atom stereocenters. The molecule has 0 radical (unpaired) electrons. The summed E-state index contributed by atoms with van der Waals surface area (Å²) >= 11 is 0. The highest BCUT2D eigenvalue weighted by Gasteiger charge is 2.25. The van der Waals surface area contributed by atoms with Crippen molar-refractivity contribution < 1.29 is 22.7 Å². The number of sulfone groups is 1. The molecule has 3 aromatic rings. The number of halogens is 1. The van der Waals surface area contributed by atoms with Crippen molar-refractivity contribution in [3.63, 3.8) is 0 Å². The number of hydrogen-bond donors (Lipinski definition) is 2. The van der Waals surface area contributed by atoms with E-state index in [2.05, 4.69) is 5.32 Å². The fourth-order valence-corrected chi connectivity index (χ4v) is 4.79. The number of fused-ring (bicyclic) bond motifs is 3. The van der Waals surface area contributed by atoms with Gasteiger partial charge in [-0.05, 0) is 30.7 Å². The Morgan fingerprint density at radius 1 is 1.21 bits per heavy atom. The van der Waals surface area contributed by atoms with Crippen molar-refractivity contribution in [3.05, 3.63) is 53.3 Å². The molecule has 150 valence electrons. The lowest BCUT2D eigenvalue weighted by Gasteiger charge is -2.12. The van der Waals surface area contributed by atoms with Gasteiger partial charge in [-0.15, -0.1) is 12.4 Å². The molecule has 0 saturated carbocycles. The minimum atomic E-state index is -3.78. The topological polar surface area (TPSA) is 88.8 Å². The standard InChI is InChI=1S/C20H21NO5S.ClH/c1-12(22)13-4-3-5-14(8-13)27(23,24)15-9-16-17-11-21-7-6-18(17)26-20(16)19(10-15)25-2;/h3-5,8-10,12,21-22H,6-7,11H2,1-2H3;1H. The molecule has 0 fully saturated rings. The highest BCUT2D eigenvalue weighted by molar-refractivity contribution is 7.91. The van der Waals surface area contributed by atoms with Crippen LogP contribution in [0.2, 0.25) is 0 Å². The van der Waals surface area contributed by atoms with Crippen molar-refractivity contribution in [2.45, 2.75) is 35.8 Å². The maximum absolute atomic E-state index is 13.2. The molecular weight excluding hydrogens is 402 g/mol. The molecule has 0 spiro atoms. The molecule has 1 aliphatic rings. The summed E-state index contributed by atoms with van der Waals surface area (Å²) < 4.78 is 37.8. The molecule has 2 heterocycles. The van der Waals surface area contributed by atoms with E-state index in [-0.39, 0.29) is 22.2 Å². The summed E-state index contributed by atoms with van der Waals surface area (Å²) in [5.41, 5.74) is 2.10. The predicted octanol–water partition coefficient (Wildman–Crippen LogP) is 3.40. The molecule has 6 nitrogen and oxygen atoms in total. The van der Waals surface area contributed by atoms with Crippen LogP contribution in [0.15, 0.2) is 50.6 Å². The van der Waals surface area contributed by atoms with E-state index in [1.54, 1.807) is 25.1 Å². The average Bonchev–Trinajstić information content (AvgIpc) is 3.06. The summed E-state index contributed by atoms with van der Waals surface area (Å²) in [4.78, 5) is 0.279. The van der Waals surface area contributed by atoms with Gasteiger partial charge in [-0.2, -0.15) is 0 Å².